The Morgan fingerprint density at radius 2 is 0.924 bits per heavy atom. The Labute approximate surface area is 385 Å². The lowest BCUT2D eigenvalue weighted by Crippen LogP contribution is -2.31. The molecule has 2 aliphatic rings. The van der Waals surface area contributed by atoms with Crippen LogP contribution in [0.3, 0.4) is 0 Å². The largest absolute Gasteiger partial charge is 0.309 e. The van der Waals surface area contributed by atoms with Crippen LogP contribution in [0.25, 0.3) is 91.5 Å². The van der Waals surface area contributed by atoms with Crippen LogP contribution >= 0.6 is 11.3 Å². The predicted molar refractivity (Wildman–Crippen MR) is 280 cm³/mol. The van der Waals surface area contributed by atoms with Gasteiger partial charge >= 0.3 is 0 Å². The Balaban J connectivity index is 1.07. The highest BCUT2D eigenvalue weighted by atomic mass is 32.1. The topological polar surface area (TPSA) is 8.17 Å². The van der Waals surface area contributed by atoms with E-state index in [9.17, 15) is 0 Å². The lowest BCUT2D eigenvalue weighted by Gasteiger charge is -2.40. The molecule has 1 spiro atoms. The van der Waals surface area contributed by atoms with Crippen molar-refractivity contribution in [2.24, 2.45) is 0 Å². The van der Waals surface area contributed by atoms with E-state index in [4.69, 9.17) is 0 Å². The molecule has 306 valence electrons. The van der Waals surface area contributed by atoms with Crippen molar-refractivity contribution in [3.63, 3.8) is 0 Å². The number of fused-ring (bicyclic) bond motifs is 16. The number of nitrogens with zero attached hydrogens (tertiary/aromatic N) is 2. The highest BCUT2D eigenvalue weighted by Crippen LogP contribution is 2.62. The van der Waals surface area contributed by atoms with Gasteiger partial charge in [0.15, 0.2) is 0 Å². The minimum absolute atomic E-state index is 0.485. The van der Waals surface area contributed by atoms with E-state index in [-0.39, 0.29) is 0 Å². The maximum absolute atomic E-state index is 2.57. The summed E-state index contributed by atoms with van der Waals surface area (Å²) in [5, 5.41) is 10.0. The Bertz CT molecular complexity index is 4150. The number of rotatable bonds is 4. The highest BCUT2D eigenvalue weighted by molar-refractivity contribution is 7.26. The maximum atomic E-state index is 2.57. The number of benzene rings is 11. The van der Waals surface area contributed by atoms with E-state index in [2.05, 4.69) is 240 Å². The summed E-state index contributed by atoms with van der Waals surface area (Å²) >= 11 is 1.87. The van der Waals surface area contributed by atoms with Gasteiger partial charge in [-0.25, -0.2) is 0 Å². The van der Waals surface area contributed by atoms with E-state index in [0.717, 1.165) is 11.4 Å². The van der Waals surface area contributed by atoms with Gasteiger partial charge in [-0.1, -0.05) is 182 Å². The van der Waals surface area contributed by atoms with E-state index < -0.39 is 5.41 Å². The number of hydrogen-bond donors (Lipinski definition) is 0. The molecule has 2 aliphatic carbocycles. The summed E-state index contributed by atoms with van der Waals surface area (Å²) in [6.07, 6.45) is 0. The molecule has 2 aromatic heterocycles. The summed E-state index contributed by atoms with van der Waals surface area (Å²) in [4.78, 5) is 2.57. The fourth-order valence-electron chi connectivity index (χ4n) is 12.2. The first-order valence-corrected chi connectivity index (χ1v) is 23.7. The maximum Gasteiger partial charge on any atom is 0.0725 e. The molecular formula is C63H38N2S. The zero-order chi connectivity index (χ0) is 43.1. The minimum Gasteiger partial charge on any atom is -0.309 e. The third-order valence-corrected chi connectivity index (χ3v) is 15.9. The second-order valence-electron chi connectivity index (χ2n) is 17.9. The molecule has 0 saturated carbocycles. The van der Waals surface area contributed by atoms with Crippen molar-refractivity contribution < 1.29 is 0 Å². The molecule has 0 bridgehead atoms. The zero-order valence-electron chi connectivity index (χ0n) is 35.7. The molecule has 0 unspecified atom stereocenters. The fraction of sp³-hybridized carbons (Fsp3) is 0.0159. The van der Waals surface area contributed by atoms with Gasteiger partial charge in [0.1, 0.15) is 0 Å². The molecule has 2 heterocycles. The second-order valence-corrected chi connectivity index (χ2v) is 19.0. The van der Waals surface area contributed by atoms with Crippen molar-refractivity contribution >= 4 is 91.9 Å². The van der Waals surface area contributed by atoms with Crippen molar-refractivity contribution in [3.05, 3.63) is 253 Å². The van der Waals surface area contributed by atoms with Gasteiger partial charge in [-0.05, 0) is 104 Å². The second kappa shape index (κ2) is 13.4. The minimum atomic E-state index is -0.485. The summed E-state index contributed by atoms with van der Waals surface area (Å²) in [6.45, 7) is 0. The molecule has 0 aliphatic heterocycles. The lowest BCUT2D eigenvalue weighted by atomic mass is 9.61. The third kappa shape index (κ3) is 4.64. The first kappa shape index (κ1) is 36.1. The van der Waals surface area contributed by atoms with Crippen LogP contribution in [-0.2, 0) is 5.41 Å². The molecular weight excluding hydrogens is 817 g/mol. The lowest BCUT2D eigenvalue weighted by molar-refractivity contribution is 0.773. The van der Waals surface area contributed by atoms with Crippen molar-refractivity contribution in [1.29, 1.82) is 0 Å². The molecule has 13 aromatic rings. The van der Waals surface area contributed by atoms with Gasteiger partial charge in [0, 0.05) is 47.4 Å². The smallest absolute Gasteiger partial charge is 0.0725 e. The summed E-state index contributed by atoms with van der Waals surface area (Å²) in [5.41, 5.74) is 17.0. The summed E-state index contributed by atoms with van der Waals surface area (Å²) in [6, 6.07) is 86.5. The molecule has 3 heteroatoms. The van der Waals surface area contributed by atoms with Crippen LogP contribution in [0.2, 0.25) is 0 Å². The van der Waals surface area contributed by atoms with Crippen LogP contribution in [0.4, 0.5) is 17.1 Å². The van der Waals surface area contributed by atoms with Crippen molar-refractivity contribution in [2.45, 2.75) is 5.41 Å². The van der Waals surface area contributed by atoms with Gasteiger partial charge in [-0.15, -0.1) is 11.3 Å². The highest BCUT2D eigenvalue weighted by Gasteiger charge is 2.50. The van der Waals surface area contributed by atoms with Crippen LogP contribution in [0, 0.1) is 0 Å². The van der Waals surface area contributed by atoms with Gasteiger partial charge < -0.3 is 9.47 Å². The predicted octanol–water partition coefficient (Wildman–Crippen LogP) is 17.3. The summed E-state index contributed by atoms with van der Waals surface area (Å²) in [7, 11) is 0. The van der Waals surface area contributed by atoms with E-state index >= 15 is 0 Å². The Morgan fingerprint density at radius 1 is 0.348 bits per heavy atom. The van der Waals surface area contributed by atoms with E-state index in [1.807, 2.05) is 11.3 Å². The Kier molecular flexibility index (Phi) is 7.34. The van der Waals surface area contributed by atoms with Gasteiger partial charge in [0.2, 0.25) is 0 Å². The molecule has 15 rings (SSSR count). The molecule has 66 heavy (non-hydrogen) atoms. The molecule has 0 radical (unpaired) electrons. The molecule has 0 amide bonds. The monoisotopic (exact) mass is 854 g/mol. The average molecular weight is 855 g/mol. The van der Waals surface area contributed by atoms with Gasteiger partial charge in [0.05, 0.1) is 33.5 Å². The SMILES string of the molecule is c1ccc2c(c1)-c1ccccc1C21c2ccccc2-c2ccc(N(c3ccc4c5ccccc5n(-c5cccc6ccccc56)c4c3)c3cccc4sc5ccccc5c34)c3cccc1c23. The average Bonchev–Trinajstić information content (AvgIpc) is 4.03. The normalized spacial score (nSPS) is 13.3. The van der Waals surface area contributed by atoms with Crippen LogP contribution in [0.1, 0.15) is 22.3 Å². The van der Waals surface area contributed by atoms with Gasteiger partial charge in [-0.2, -0.15) is 0 Å². The van der Waals surface area contributed by atoms with Crippen LogP contribution in [0.15, 0.2) is 231 Å². The standard InChI is InChI=1S/C63H38N2S/c1-2-18-41-39(16-1)17-13-30-54(41)65-55-29-11-6-22-45(55)46-35-34-40(38-58(46)65)64(57-31-15-33-60-62(57)49-23-7-12-32-59(49)66-60)56-37-36-47-44-21-5-10-27-52(44)63(53-28-14-24-48(56)61(47)53)50-25-8-3-19-42(50)43-20-4-9-26-51(43)63/h1-38H. The van der Waals surface area contributed by atoms with Crippen LogP contribution in [-0.4, -0.2) is 4.57 Å². The fourth-order valence-corrected chi connectivity index (χ4v) is 13.4. The van der Waals surface area contributed by atoms with Crippen molar-refractivity contribution in [2.75, 3.05) is 4.90 Å². The van der Waals surface area contributed by atoms with Gasteiger partial charge in [0.25, 0.3) is 0 Å². The van der Waals surface area contributed by atoms with E-state index in [1.165, 1.54) is 119 Å². The van der Waals surface area contributed by atoms with Crippen molar-refractivity contribution in [1.82, 2.24) is 4.57 Å². The number of aromatic nitrogens is 1. The van der Waals surface area contributed by atoms with Gasteiger partial charge in [-0.3, -0.25) is 0 Å². The number of hydrogen-bond acceptors (Lipinski definition) is 2. The summed E-state index contributed by atoms with van der Waals surface area (Å²) < 4.78 is 5.06. The first-order valence-electron chi connectivity index (χ1n) is 22.8. The zero-order valence-corrected chi connectivity index (χ0v) is 36.6. The molecule has 11 aromatic carbocycles. The third-order valence-electron chi connectivity index (χ3n) is 14.8. The van der Waals surface area contributed by atoms with E-state index in [0.29, 0.717) is 0 Å². The number of para-hydroxylation sites is 1. The molecule has 2 nitrogen and oxygen atoms in total. The van der Waals surface area contributed by atoms with Crippen LogP contribution < -0.4 is 4.90 Å². The molecule has 0 fully saturated rings. The number of thiophene rings is 1. The molecule has 0 saturated heterocycles. The first-order chi connectivity index (χ1) is 32.8. The molecule has 0 atom stereocenters. The quantitative estimate of drug-likeness (QED) is 0.171. The van der Waals surface area contributed by atoms with Crippen LogP contribution in [0.5, 0.6) is 0 Å². The molecule has 0 N–H and O–H groups in total. The van der Waals surface area contributed by atoms with Crippen molar-refractivity contribution in [3.8, 4) is 27.9 Å². The summed E-state index contributed by atoms with van der Waals surface area (Å²) in [5.74, 6) is 0. The van der Waals surface area contributed by atoms with E-state index in [1.54, 1.807) is 0 Å². The number of anilines is 3. The Hall–Kier alpha value is -8.24. The Morgan fingerprint density at radius 3 is 1.73 bits per heavy atom.